The molecule has 1 aromatic heterocycles. The monoisotopic (exact) mass is 200 g/mol. The number of aryl methyl sites for hydroxylation is 1. The first-order valence-electron chi connectivity index (χ1n) is 5.21. The number of H-pyrrole nitrogens is 1. The van der Waals surface area contributed by atoms with Crippen LogP contribution in [0.1, 0.15) is 22.7 Å². The van der Waals surface area contributed by atoms with Gasteiger partial charge in [0.05, 0.1) is 0 Å². The van der Waals surface area contributed by atoms with Gasteiger partial charge in [-0.05, 0) is 24.6 Å². The topological polar surface area (TPSA) is 41.8 Å². The van der Waals surface area contributed by atoms with E-state index in [4.69, 9.17) is 5.73 Å². The first-order chi connectivity index (χ1) is 7.31. The highest BCUT2D eigenvalue weighted by Crippen LogP contribution is 2.22. The minimum absolute atomic E-state index is 0.278. The van der Waals surface area contributed by atoms with Crippen LogP contribution < -0.4 is 5.73 Å². The molecule has 1 heterocycles. The van der Waals surface area contributed by atoms with Gasteiger partial charge in [0.25, 0.3) is 0 Å². The highest BCUT2D eigenvalue weighted by molar-refractivity contribution is 5.31. The average molecular weight is 200 g/mol. The van der Waals surface area contributed by atoms with Crippen molar-refractivity contribution in [2.45, 2.75) is 12.8 Å². The molecule has 0 saturated carbocycles. The van der Waals surface area contributed by atoms with Gasteiger partial charge < -0.3 is 10.7 Å². The van der Waals surface area contributed by atoms with Crippen molar-refractivity contribution in [2.75, 3.05) is 6.54 Å². The van der Waals surface area contributed by atoms with Crippen molar-refractivity contribution in [1.82, 2.24) is 4.98 Å². The molecule has 0 amide bonds. The van der Waals surface area contributed by atoms with E-state index >= 15 is 0 Å². The first-order valence-corrected chi connectivity index (χ1v) is 5.21. The standard InChI is InChI=1S/C13H16N2/c1-10-4-6-11(7-5-10)12(9-14)13-3-2-8-15-13/h2-8,12,15H,9,14H2,1H3. The molecule has 0 aliphatic carbocycles. The van der Waals surface area contributed by atoms with E-state index in [1.54, 1.807) is 0 Å². The minimum atomic E-state index is 0.278. The van der Waals surface area contributed by atoms with Gasteiger partial charge in [0.15, 0.2) is 0 Å². The van der Waals surface area contributed by atoms with Gasteiger partial charge in [0.2, 0.25) is 0 Å². The molecule has 2 heteroatoms. The summed E-state index contributed by atoms with van der Waals surface area (Å²) in [7, 11) is 0. The fourth-order valence-corrected chi connectivity index (χ4v) is 1.80. The molecule has 0 spiro atoms. The predicted molar refractivity (Wildman–Crippen MR) is 62.9 cm³/mol. The number of hydrogen-bond acceptors (Lipinski definition) is 1. The Morgan fingerprint density at radius 2 is 1.93 bits per heavy atom. The van der Waals surface area contributed by atoms with Crippen LogP contribution in [0.5, 0.6) is 0 Å². The Morgan fingerprint density at radius 1 is 1.20 bits per heavy atom. The van der Waals surface area contributed by atoms with Crippen LogP contribution in [0.3, 0.4) is 0 Å². The second-order valence-corrected chi connectivity index (χ2v) is 3.82. The second kappa shape index (κ2) is 4.32. The van der Waals surface area contributed by atoms with E-state index < -0.39 is 0 Å². The van der Waals surface area contributed by atoms with E-state index in [2.05, 4.69) is 42.2 Å². The van der Waals surface area contributed by atoms with Gasteiger partial charge in [0.1, 0.15) is 0 Å². The number of aromatic amines is 1. The van der Waals surface area contributed by atoms with Crippen LogP contribution in [-0.2, 0) is 0 Å². The van der Waals surface area contributed by atoms with Crippen LogP contribution in [-0.4, -0.2) is 11.5 Å². The van der Waals surface area contributed by atoms with E-state index in [0.717, 1.165) is 0 Å². The lowest BCUT2D eigenvalue weighted by atomic mass is 9.95. The van der Waals surface area contributed by atoms with Gasteiger partial charge in [-0.1, -0.05) is 29.8 Å². The molecule has 0 saturated heterocycles. The molecule has 0 fully saturated rings. The lowest BCUT2D eigenvalue weighted by Gasteiger charge is -2.13. The molecule has 0 aliphatic heterocycles. The summed E-state index contributed by atoms with van der Waals surface area (Å²) in [5, 5.41) is 0. The van der Waals surface area contributed by atoms with Gasteiger partial charge in [-0.15, -0.1) is 0 Å². The molecule has 3 N–H and O–H groups in total. The van der Waals surface area contributed by atoms with Crippen molar-refractivity contribution >= 4 is 0 Å². The molecular weight excluding hydrogens is 184 g/mol. The van der Waals surface area contributed by atoms with Crippen LogP contribution in [0.4, 0.5) is 0 Å². The number of benzene rings is 1. The van der Waals surface area contributed by atoms with Crippen molar-refractivity contribution in [3.05, 3.63) is 59.4 Å². The predicted octanol–water partition coefficient (Wildman–Crippen LogP) is 2.41. The molecular formula is C13H16N2. The lowest BCUT2D eigenvalue weighted by Crippen LogP contribution is -2.14. The number of hydrogen-bond donors (Lipinski definition) is 2. The Kier molecular flexibility index (Phi) is 2.88. The van der Waals surface area contributed by atoms with E-state index in [9.17, 15) is 0 Å². The van der Waals surface area contributed by atoms with Crippen LogP contribution in [0.2, 0.25) is 0 Å². The van der Waals surface area contributed by atoms with E-state index in [1.165, 1.54) is 16.8 Å². The summed E-state index contributed by atoms with van der Waals surface area (Å²) in [5.41, 5.74) is 9.54. The summed E-state index contributed by atoms with van der Waals surface area (Å²) in [6, 6.07) is 12.6. The van der Waals surface area contributed by atoms with Crippen molar-refractivity contribution in [3.63, 3.8) is 0 Å². The second-order valence-electron chi connectivity index (χ2n) is 3.82. The quantitative estimate of drug-likeness (QED) is 0.785. The minimum Gasteiger partial charge on any atom is -0.364 e. The molecule has 2 nitrogen and oxygen atoms in total. The summed E-state index contributed by atoms with van der Waals surface area (Å²) in [5.74, 6) is 0.278. The third kappa shape index (κ3) is 2.10. The smallest absolute Gasteiger partial charge is 0.0363 e. The van der Waals surface area contributed by atoms with Crippen molar-refractivity contribution in [2.24, 2.45) is 5.73 Å². The van der Waals surface area contributed by atoms with Crippen LogP contribution in [0.15, 0.2) is 42.6 Å². The highest BCUT2D eigenvalue weighted by Gasteiger charge is 2.12. The summed E-state index contributed by atoms with van der Waals surface area (Å²) >= 11 is 0. The van der Waals surface area contributed by atoms with E-state index in [-0.39, 0.29) is 5.92 Å². The third-order valence-corrected chi connectivity index (χ3v) is 2.71. The Morgan fingerprint density at radius 3 is 2.47 bits per heavy atom. The summed E-state index contributed by atoms with van der Waals surface area (Å²) in [4.78, 5) is 3.22. The molecule has 2 rings (SSSR count). The Bertz CT molecular complexity index is 401. The molecule has 78 valence electrons. The van der Waals surface area contributed by atoms with Crippen LogP contribution in [0.25, 0.3) is 0 Å². The lowest BCUT2D eigenvalue weighted by molar-refractivity contribution is 0.794. The first kappa shape index (κ1) is 9.99. The molecule has 1 atom stereocenters. The van der Waals surface area contributed by atoms with Gasteiger partial charge in [-0.2, -0.15) is 0 Å². The van der Waals surface area contributed by atoms with E-state index in [1.807, 2.05) is 12.3 Å². The molecule has 2 aromatic rings. The molecule has 1 unspecified atom stereocenters. The number of nitrogens with one attached hydrogen (secondary N) is 1. The Hall–Kier alpha value is -1.54. The summed E-state index contributed by atoms with van der Waals surface area (Å²) < 4.78 is 0. The molecule has 1 aromatic carbocycles. The van der Waals surface area contributed by atoms with Gasteiger partial charge in [-0.25, -0.2) is 0 Å². The number of rotatable bonds is 3. The van der Waals surface area contributed by atoms with Crippen molar-refractivity contribution < 1.29 is 0 Å². The molecule has 0 aliphatic rings. The fourth-order valence-electron chi connectivity index (χ4n) is 1.80. The highest BCUT2D eigenvalue weighted by atomic mass is 14.7. The van der Waals surface area contributed by atoms with Gasteiger partial charge in [0, 0.05) is 24.4 Å². The third-order valence-electron chi connectivity index (χ3n) is 2.71. The maximum absolute atomic E-state index is 5.81. The van der Waals surface area contributed by atoms with Crippen molar-refractivity contribution in [3.8, 4) is 0 Å². The number of aromatic nitrogens is 1. The Labute approximate surface area is 90.1 Å². The zero-order chi connectivity index (χ0) is 10.7. The Balaban J connectivity index is 2.31. The molecule has 0 bridgehead atoms. The van der Waals surface area contributed by atoms with Gasteiger partial charge in [-0.3, -0.25) is 0 Å². The largest absolute Gasteiger partial charge is 0.364 e. The zero-order valence-corrected chi connectivity index (χ0v) is 8.90. The zero-order valence-electron chi connectivity index (χ0n) is 8.90. The average Bonchev–Trinajstić information content (AvgIpc) is 2.75. The van der Waals surface area contributed by atoms with Crippen LogP contribution in [0, 0.1) is 6.92 Å². The SMILES string of the molecule is Cc1ccc(C(CN)c2ccc[nH]2)cc1. The fraction of sp³-hybridized carbons (Fsp3) is 0.231. The van der Waals surface area contributed by atoms with Crippen molar-refractivity contribution in [1.29, 1.82) is 0 Å². The molecule has 0 radical (unpaired) electrons. The maximum atomic E-state index is 5.81. The summed E-state index contributed by atoms with van der Waals surface area (Å²) in [6.45, 7) is 2.72. The summed E-state index contributed by atoms with van der Waals surface area (Å²) in [6.07, 6.45) is 1.94. The molecule has 15 heavy (non-hydrogen) atoms. The van der Waals surface area contributed by atoms with Crippen LogP contribution >= 0.6 is 0 Å². The normalized spacial score (nSPS) is 12.7. The van der Waals surface area contributed by atoms with E-state index in [0.29, 0.717) is 6.54 Å². The maximum Gasteiger partial charge on any atom is 0.0363 e. The van der Waals surface area contributed by atoms with Gasteiger partial charge >= 0.3 is 0 Å². The number of nitrogens with two attached hydrogens (primary N) is 1.